The smallest absolute Gasteiger partial charge is 0.267 e. The Morgan fingerprint density at radius 3 is 3.04 bits per heavy atom. The lowest BCUT2D eigenvalue weighted by molar-refractivity contribution is -0.120. The quantitative estimate of drug-likeness (QED) is 0.758. The molecule has 0 saturated heterocycles. The van der Waals surface area contributed by atoms with Crippen molar-refractivity contribution in [3.05, 3.63) is 28.8 Å². The van der Waals surface area contributed by atoms with E-state index >= 15 is 0 Å². The van der Waals surface area contributed by atoms with Gasteiger partial charge in [-0.15, -0.1) is 0 Å². The molecule has 24 heavy (non-hydrogen) atoms. The van der Waals surface area contributed by atoms with Gasteiger partial charge in [0, 0.05) is 17.0 Å². The van der Waals surface area contributed by atoms with E-state index in [2.05, 4.69) is 4.99 Å². The first-order valence-corrected chi connectivity index (χ1v) is 10.1. The molecule has 2 saturated carbocycles. The van der Waals surface area contributed by atoms with Crippen LogP contribution in [0, 0.1) is 17.8 Å². The number of fused-ring (bicyclic) bond motifs is 4. The average molecular weight is 362 g/mol. The van der Waals surface area contributed by atoms with Gasteiger partial charge >= 0.3 is 0 Å². The maximum atomic E-state index is 12.9. The molecule has 1 spiro atoms. The van der Waals surface area contributed by atoms with E-state index in [1.807, 2.05) is 18.2 Å². The first-order valence-electron chi connectivity index (χ1n) is 8.88. The minimum atomic E-state index is -0.606. The highest BCUT2D eigenvalue weighted by molar-refractivity contribution is 8.15. The number of hydrogen-bond donors (Lipinski definition) is 0. The molecular weight excluding hydrogens is 342 g/mol. The molecule has 126 valence electrons. The van der Waals surface area contributed by atoms with Crippen molar-refractivity contribution in [3.8, 4) is 5.75 Å². The van der Waals surface area contributed by atoms with Crippen LogP contribution in [-0.4, -0.2) is 17.6 Å². The topological polar surface area (TPSA) is 38.7 Å². The molecule has 3 nitrogen and oxygen atoms in total. The number of amides is 1. The zero-order valence-electron chi connectivity index (χ0n) is 13.5. The van der Waals surface area contributed by atoms with Crippen molar-refractivity contribution in [1.82, 2.24) is 0 Å². The molecule has 2 aliphatic heterocycles. The average Bonchev–Trinajstić information content (AvgIpc) is 3.25. The Labute approximate surface area is 151 Å². The Balaban J connectivity index is 1.42. The number of carbonyl (C=O) groups is 1. The molecular formula is C19H20ClNO2S. The van der Waals surface area contributed by atoms with Crippen molar-refractivity contribution in [2.75, 3.05) is 6.61 Å². The van der Waals surface area contributed by atoms with Gasteiger partial charge in [-0.1, -0.05) is 29.8 Å². The van der Waals surface area contributed by atoms with Crippen molar-refractivity contribution in [3.63, 3.8) is 0 Å². The molecule has 0 N–H and O–H groups in total. The standard InChI is InChI=1S/C19H20ClNO2S/c20-14-3-4-16-15(10-14)19(5-6-23-16)18(22)21-17(24-19)9-13-8-11-1-2-12(13)7-11/h3-4,10-13H,1-2,5-9H2/t11-,12+,13-,19?/m1/s1. The molecule has 4 aliphatic rings. The van der Waals surface area contributed by atoms with E-state index < -0.39 is 4.75 Å². The summed E-state index contributed by atoms with van der Waals surface area (Å²) < 4.78 is 5.14. The van der Waals surface area contributed by atoms with Crippen LogP contribution in [0.3, 0.4) is 0 Å². The second-order valence-corrected chi connectivity index (χ2v) is 9.43. The predicted molar refractivity (Wildman–Crippen MR) is 96.8 cm³/mol. The van der Waals surface area contributed by atoms with Crippen LogP contribution < -0.4 is 4.74 Å². The first-order chi connectivity index (χ1) is 11.6. The molecule has 2 heterocycles. The third kappa shape index (κ3) is 2.26. The van der Waals surface area contributed by atoms with Crippen LogP contribution in [0.15, 0.2) is 23.2 Å². The lowest BCUT2D eigenvalue weighted by Gasteiger charge is -2.32. The lowest BCUT2D eigenvalue weighted by atomic mass is 9.87. The fraction of sp³-hybridized carbons (Fsp3) is 0.579. The summed E-state index contributed by atoms with van der Waals surface area (Å²) in [5, 5.41) is 1.68. The van der Waals surface area contributed by atoms with Crippen LogP contribution in [0.4, 0.5) is 0 Å². The Hall–Kier alpha value is -1.00. The summed E-state index contributed by atoms with van der Waals surface area (Å²) in [5.74, 6) is 3.29. The largest absolute Gasteiger partial charge is 0.493 e. The minimum absolute atomic E-state index is 0.0162. The van der Waals surface area contributed by atoms with E-state index in [1.165, 1.54) is 25.7 Å². The molecule has 2 aliphatic carbocycles. The summed E-state index contributed by atoms with van der Waals surface area (Å²) in [4.78, 5) is 17.3. The number of carbonyl (C=O) groups excluding carboxylic acids is 1. The molecule has 2 fully saturated rings. The van der Waals surface area contributed by atoms with Crippen molar-refractivity contribution < 1.29 is 9.53 Å². The van der Waals surface area contributed by atoms with E-state index in [0.717, 1.165) is 40.5 Å². The Bertz CT molecular complexity index is 749. The number of rotatable bonds is 2. The minimum Gasteiger partial charge on any atom is -0.493 e. The van der Waals surface area contributed by atoms with Crippen molar-refractivity contribution in [2.24, 2.45) is 22.7 Å². The Kier molecular flexibility index (Phi) is 3.50. The molecule has 1 aromatic rings. The van der Waals surface area contributed by atoms with Gasteiger partial charge in [0.05, 0.1) is 11.7 Å². The molecule has 4 atom stereocenters. The van der Waals surface area contributed by atoms with Crippen LogP contribution in [-0.2, 0) is 9.54 Å². The molecule has 5 heteroatoms. The molecule has 0 aromatic heterocycles. The molecule has 0 radical (unpaired) electrons. The fourth-order valence-corrected chi connectivity index (χ4v) is 6.71. The van der Waals surface area contributed by atoms with Gasteiger partial charge in [0.15, 0.2) is 0 Å². The highest BCUT2D eigenvalue weighted by Crippen LogP contribution is 2.55. The van der Waals surface area contributed by atoms with Gasteiger partial charge in [-0.05, 0) is 61.6 Å². The summed E-state index contributed by atoms with van der Waals surface area (Å²) in [6, 6.07) is 5.58. The van der Waals surface area contributed by atoms with Crippen molar-refractivity contribution in [2.45, 2.75) is 43.3 Å². The van der Waals surface area contributed by atoms with Gasteiger partial charge in [0.25, 0.3) is 5.91 Å². The molecule has 2 bridgehead atoms. The summed E-state index contributed by atoms with van der Waals surface area (Å²) in [7, 11) is 0. The molecule has 1 aromatic carbocycles. The summed E-state index contributed by atoms with van der Waals surface area (Å²) in [6.45, 7) is 0.560. The highest BCUT2D eigenvalue weighted by Gasteiger charge is 2.51. The number of aliphatic imine (C=N–C) groups is 1. The second-order valence-electron chi connectivity index (χ2n) is 7.62. The van der Waals surface area contributed by atoms with E-state index in [-0.39, 0.29) is 5.91 Å². The van der Waals surface area contributed by atoms with Crippen LogP contribution >= 0.6 is 23.4 Å². The second kappa shape index (κ2) is 5.50. The maximum Gasteiger partial charge on any atom is 0.267 e. The van der Waals surface area contributed by atoms with Gasteiger partial charge < -0.3 is 4.74 Å². The third-order valence-corrected chi connectivity index (χ3v) is 7.95. The van der Waals surface area contributed by atoms with Gasteiger partial charge in [-0.25, -0.2) is 4.99 Å². The SMILES string of the molecule is O=C1N=C(C[C@H]2C[C@@H]3CC[C@H]2C3)SC12CCOc1ccc(Cl)cc12. The van der Waals surface area contributed by atoms with Gasteiger partial charge in [0.1, 0.15) is 10.5 Å². The number of benzene rings is 1. The molecule has 1 unspecified atom stereocenters. The zero-order chi connectivity index (χ0) is 16.3. The highest BCUT2D eigenvalue weighted by atomic mass is 35.5. The van der Waals surface area contributed by atoms with E-state index in [4.69, 9.17) is 16.3 Å². The van der Waals surface area contributed by atoms with Crippen LogP contribution in [0.2, 0.25) is 5.02 Å². The van der Waals surface area contributed by atoms with Crippen molar-refractivity contribution >= 4 is 34.3 Å². The number of ether oxygens (including phenoxy) is 1. The normalized spacial score (nSPS) is 36.8. The van der Waals surface area contributed by atoms with E-state index in [9.17, 15) is 4.79 Å². The van der Waals surface area contributed by atoms with Crippen molar-refractivity contribution in [1.29, 1.82) is 0 Å². The van der Waals surface area contributed by atoms with Crippen LogP contribution in [0.1, 0.15) is 44.1 Å². The van der Waals surface area contributed by atoms with E-state index in [0.29, 0.717) is 18.1 Å². The third-order valence-electron chi connectivity index (χ3n) is 6.27. The number of halogens is 1. The summed E-state index contributed by atoms with van der Waals surface area (Å²) >= 11 is 7.86. The van der Waals surface area contributed by atoms with Crippen LogP contribution in [0.25, 0.3) is 0 Å². The van der Waals surface area contributed by atoms with E-state index in [1.54, 1.807) is 11.8 Å². The fourth-order valence-electron chi connectivity index (χ4n) is 5.12. The predicted octanol–water partition coefficient (Wildman–Crippen LogP) is 4.82. The summed E-state index contributed by atoms with van der Waals surface area (Å²) in [5.41, 5.74) is 0.906. The first kappa shape index (κ1) is 15.3. The number of hydrogen-bond acceptors (Lipinski definition) is 3. The maximum absolute atomic E-state index is 12.9. The number of nitrogens with zero attached hydrogens (tertiary/aromatic N) is 1. The lowest BCUT2D eigenvalue weighted by Crippen LogP contribution is -2.34. The Morgan fingerprint density at radius 2 is 2.25 bits per heavy atom. The molecule has 5 rings (SSSR count). The summed E-state index contributed by atoms with van der Waals surface area (Å²) in [6.07, 6.45) is 7.17. The van der Waals surface area contributed by atoms with Crippen LogP contribution in [0.5, 0.6) is 5.75 Å². The monoisotopic (exact) mass is 361 g/mol. The zero-order valence-corrected chi connectivity index (χ0v) is 15.0. The Morgan fingerprint density at radius 1 is 1.33 bits per heavy atom. The van der Waals surface area contributed by atoms with Gasteiger partial charge in [-0.2, -0.15) is 0 Å². The van der Waals surface area contributed by atoms with Gasteiger partial charge in [0.2, 0.25) is 0 Å². The molecule has 1 amide bonds. The number of thioether (sulfide) groups is 1. The van der Waals surface area contributed by atoms with Gasteiger partial charge in [-0.3, -0.25) is 4.79 Å².